The monoisotopic (exact) mass is 222 g/mol. The second-order valence-corrected chi connectivity index (χ2v) is 4.19. The SMILES string of the molecule is CCC(CC)N(C)c1cc(C)ncc1CO. The zero-order chi connectivity index (χ0) is 12.1. The van der Waals surface area contributed by atoms with Gasteiger partial charge in [-0.3, -0.25) is 4.98 Å². The minimum atomic E-state index is 0.0487. The third-order valence-corrected chi connectivity index (χ3v) is 3.14. The smallest absolute Gasteiger partial charge is 0.0717 e. The van der Waals surface area contributed by atoms with Crippen LogP contribution in [0.25, 0.3) is 0 Å². The molecule has 0 aliphatic rings. The average Bonchev–Trinajstić information content (AvgIpc) is 2.30. The maximum atomic E-state index is 9.32. The summed E-state index contributed by atoms with van der Waals surface area (Å²) < 4.78 is 0. The molecule has 0 spiro atoms. The van der Waals surface area contributed by atoms with Crippen molar-refractivity contribution in [1.29, 1.82) is 0 Å². The van der Waals surface area contributed by atoms with Crippen LogP contribution in [0.3, 0.4) is 0 Å². The van der Waals surface area contributed by atoms with Crippen LogP contribution in [0.1, 0.15) is 37.9 Å². The predicted octanol–water partition coefficient (Wildman–Crippen LogP) is 2.51. The van der Waals surface area contributed by atoms with Crippen LogP contribution < -0.4 is 4.90 Å². The second kappa shape index (κ2) is 5.85. The zero-order valence-corrected chi connectivity index (χ0v) is 10.7. The number of aliphatic hydroxyl groups excluding tert-OH is 1. The Morgan fingerprint density at radius 1 is 1.38 bits per heavy atom. The Labute approximate surface area is 98.1 Å². The minimum Gasteiger partial charge on any atom is -0.392 e. The molecule has 1 heterocycles. The fourth-order valence-corrected chi connectivity index (χ4v) is 2.06. The number of nitrogens with zero attached hydrogens (tertiary/aromatic N) is 2. The first-order valence-electron chi connectivity index (χ1n) is 5.93. The van der Waals surface area contributed by atoms with Crippen LogP contribution >= 0.6 is 0 Å². The lowest BCUT2D eigenvalue weighted by atomic mass is 10.1. The Morgan fingerprint density at radius 2 is 2.00 bits per heavy atom. The molecule has 1 aromatic rings. The largest absolute Gasteiger partial charge is 0.392 e. The van der Waals surface area contributed by atoms with Gasteiger partial charge in [-0.25, -0.2) is 0 Å². The fourth-order valence-electron chi connectivity index (χ4n) is 2.06. The van der Waals surface area contributed by atoms with Crippen molar-refractivity contribution in [2.75, 3.05) is 11.9 Å². The molecule has 1 rings (SSSR count). The molecule has 0 aliphatic carbocycles. The molecule has 0 fully saturated rings. The van der Waals surface area contributed by atoms with Crippen molar-refractivity contribution in [3.05, 3.63) is 23.5 Å². The topological polar surface area (TPSA) is 36.4 Å². The molecule has 90 valence electrons. The number of pyridine rings is 1. The van der Waals surface area contributed by atoms with E-state index in [1.807, 2.05) is 13.0 Å². The van der Waals surface area contributed by atoms with E-state index in [9.17, 15) is 5.11 Å². The summed E-state index contributed by atoms with van der Waals surface area (Å²) in [7, 11) is 2.09. The molecule has 3 nitrogen and oxygen atoms in total. The van der Waals surface area contributed by atoms with Crippen molar-refractivity contribution in [2.24, 2.45) is 0 Å². The summed E-state index contributed by atoms with van der Waals surface area (Å²) in [5.41, 5.74) is 2.99. The molecule has 0 aromatic carbocycles. The predicted molar refractivity (Wildman–Crippen MR) is 67.7 cm³/mol. The van der Waals surface area contributed by atoms with Crippen LogP contribution in [0.5, 0.6) is 0 Å². The summed E-state index contributed by atoms with van der Waals surface area (Å²) in [6.07, 6.45) is 3.99. The molecule has 1 N–H and O–H groups in total. The van der Waals surface area contributed by atoms with Gasteiger partial charge in [0.1, 0.15) is 0 Å². The third kappa shape index (κ3) is 2.73. The molecule has 0 radical (unpaired) electrons. The minimum absolute atomic E-state index is 0.0487. The lowest BCUT2D eigenvalue weighted by molar-refractivity contribution is 0.281. The van der Waals surface area contributed by atoms with E-state index >= 15 is 0 Å². The molecular formula is C13H22N2O. The summed E-state index contributed by atoms with van der Waals surface area (Å²) in [5.74, 6) is 0. The molecule has 0 bridgehead atoms. The molecule has 0 saturated carbocycles. The summed E-state index contributed by atoms with van der Waals surface area (Å²) in [4.78, 5) is 6.47. The lowest BCUT2D eigenvalue weighted by Gasteiger charge is -2.30. The Kier molecular flexibility index (Phi) is 4.74. The van der Waals surface area contributed by atoms with Crippen LogP contribution in [0.2, 0.25) is 0 Å². The van der Waals surface area contributed by atoms with Crippen molar-refractivity contribution in [3.63, 3.8) is 0 Å². The van der Waals surface area contributed by atoms with Crippen molar-refractivity contribution >= 4 is 5.69 Å². The highest BCUT2D eigenvalue weighted by Crippen LogP contribution is 2.23. The molecule has 0 amide bonds. The van der Waals surface area contributed by atoms with Crippen molar-refractivity contribution in [1.82, 2.24) is 4.98 Å². The van der Waals surface area contributed by atoms with Crippen LogP contribution in [0.4, 0.5) is 5.69 Å². The van der Waals surface area contributed by atoms with Gasteiger partial charge in [-0.2, -0.15) is 0 Å². The molecule has 0 saturated heterocycles. The number of rotatable bonds is 5. The summed E-state index contributed by atoms with van der Waals surface area (Å²) >= 11 is 0. The first-order valence-corrected chi connectivity index (χ1v) is 5.93. The van der Waals surface area contributed by atoms with Crippen LogP contribution in [-0.4, -0.2) is 23.2 Å². The van der Waals surface area contributed by atoms with Crippen LogP contribution in [0.15, 0.2) is 12.3 Å². The molecule has 0 aliphatic heterocycles. The Morgan fingerprint density at radius 3 is 2.50 bits per heavy atom. The summed E-state index contributed by atoms with van der Waals surface area (Å²) in [6, 6.07) is 2.57. The normalized spacial score (nSPS) is 10.9. The molecule has 1 aromatic heterocycles. The first kappa shape index (κ1) is 13.0. The van der Waals surface area contributed by atoms with E-state index in [1.54, 1.807) is 6.20 Å². The van der Waals surface area contributed by atoms with Gasteiger partial charge in [-0.05, 0) is 25.8 Å². The average molecular weight is 222 g/mol. The molecule has 3 heteroatoms. The number of anilines is 1. The Hall–Kier alpha value is -1.09. The summed E-state index contributed by atoms with van der Waals surface area (Å²) in [5, 5.41) is 9.32. The zero-order valence-electron chi connectivity index (χ0n) is 10.7. The van der Waals surface area contributed by atoms with Crippen LogP contribution in [-0.2, 0) is 6.61 Å². The number of aromatic nitrogens is 1. The van der Waals surface area contributed by atoms with Gasteiger partial charge in [-0.1, -0.05) is 13.8 Å². The van der Waals surface area contributed by atoms with E-state index in [0.29, 0.717) is 6.04 Å². The standard InChI is InChI=1S/C13H22N2O/c1-5-12(6-2)15(4)13-7-10(3)14-8-11(13)9-16/h7-8,12,16H,5-6,9H2,1-4H3. The Balaban J connectivity index is 3.04. The molecular weight excluding hydrogens is 200 g/mol. The number of hydrogen-bond acceptors (Lipinski definition) is 3. The van der Waals surface area contributed by atoms with E-state index < -0.39 is 0 Å². The van der Waals surface area contributed by atoms with E-state index in [2.05, 4.69) is 30.8 Å². The van der Waals surface area contributed by atoms with Crippen molar-refractivity contribution in [3.8, 4) is 0 Å². The van der Waals surface area contributed by atoms with Crippen molar-refractivity contribution in [2.45, 2.75) is 46.3 Å². The third-order valence-electron chi connectivity index (χ3n) is 3.14. The van der Waals surface area contributed by atoms with Gasteiger partial charge in [-0.15, -0.1) is 0 Å². The van der Waals surface area contributed by atoms with Crippen molar-refractivity contribution < 1.29 is 5.11 Å². The highest BCUT2D eigenvalue weighted by molar-refractivity contribution is 5.53. The number of aryl methyl sites for hydroxylation is 1. The van der Waals surface area contributed by atoms with Gasteiger partial charge in [0.2, 0.25) is 0 Å². The van der Waals surface area contributed by atoms with Gasteiger partial charge < -0.3 is 10.0 Å². The highest BCUT2D eigenvalue weighted by Gasteiger charge is 2.14. The van der Waals surface area contributed by atoms with E-state index in [-0.39, 0.29) is 6.61 Å². The maximum Gasteiger partial charge on any atom is 0.0717 e. The van der Waals surface area contributed by atoms with Gasteiger partial charge in [0.15, 0.2) is 0 Å². The lowest BCUT2D eigenvalue weighted by Crippen LogP contribution is -2.31. The van der Waals surface area contributed by atoms with Gasteiger partial charge >= 0.3 is 0 Å². The van der Waals surface area contributed by atoms with E-state index in [0.717, 1.165) is 29.8 Å². The molecule has 0 unspecified atom stereocenters. The quantitative estimate of drug-likeness (QED) is 0.831. The molecule has 0 atom stereocenters. The number of aliphatic hydroxyl groups is 1. The second-order valence-electron chi connectivity index (χ2n) is 4.19. The van der Waals surface area contributed by atoms with E-state index in [1.165, 1.54) is 0 Å². The first-order chi connectivity index (χ1) is 7.63. The number of hydrogen-bond donors (Lipinski definition) is 1. The highest BCUT2D eigenvalue weighted by atomic mass is 16.3. The van der Waals surface area contributed by atoms with E-state index in [4.69, 9.17) is 0 Å². The fraction of sp³-hybridized carbons (Fsp3) is 0.615. The van der Waals surface area contributed by atoms with Gasteiger partial charge in [0, 0.05) is 36.2 Å². The maximum absolute atomic E-state index is 9.32. The summed E-state index contributed by atoms with van der Waals surface area (Å²) in [6.45, 7) is 6.41. The Bertz CT molecular complexity index is 335. The van der Waals surface area contributed by atoms with Gasteiger partial charge in [0.25, 0.3) is 0 Å². The van der Waals surface area contributed by atoms with Crippen LogP contribution in [0, 0.1) is 6.92 Å². The molecule has 16 heavy (non-hydrogen) atoms. The van der Waals surface area contributed by atoms with Gasteiger partial charge in [0.05, 0.1) is 6.61 Å².